The maximum Gasteiger partial charge on any atom is 0.338 e. The second kappa shape index (κ2) is 8.62. The van der Waals surface area contributed by atoms with Gasteiger partial charge in [0.25, 0.3) is 0 Å². The molecule has 27 heavy (non-hydrogen) atoms. The van der Waals surface area contributed by atoms with Crippen LogP contribution in [-0.4, -0.2) is 28.4 Å². The highest BCUT2D eigenvalue weighted by atomic mass is 16.5. The van der Waals surface area contributed by atoms with Crippen LogP contribution in [0.3, 0.4) is 0 Å². The molecule has 0 bridgehead atoms. The van der Waals surface area contributed by atoms with Gasteiger partial charge in [-0.15, -0.1) is 0 Å². The third-order valence-electron chi connectivity index (χ3n) is 4.68. The van der Waals surface area contributed by atoms with Crippen molar-refractivity contribution in [3.63, 3.8) is 0 Å². The van der Waals surface area contributed by atoms with Crippen LogP contribution in [0.25, 0.3) is 10.8 Å². The average molecular weight is 364 g/mol. The topological polar surface area (TPSA) is 61.2 Å². The van der Waals surface area contributed by atoms with Crippen molar-refractivity contribution in [2.75, 3.05) is 6.61 Å². The number of aromatic nitrogens is 2. The zero-order valence-corrected chi connectivity index (χ0v) is 15.8. The van der Waals surface area contributed by atoms with Gasteiger partial charge in [0.05, 0.1) is 24.9 Å². The minimum atomic E-state index is -0.319. The molecule has 0 unspecified atom stereocenters. The summed E-state index contributed by atoms with van der Waals surface area (Å²) in [5.41, 5.74) is 2.17. The monoisotopic (exact) mass is 364 g/mol. The van der Waals surface area contributed by atoms with Crippen LogP contribution in [-0.2, 0) is 17.7 Å². The van der Waals surface area contributed by atoms with Gasteiger partial charge in [0, 0.05) is 6.42 Å². The van der Waals surface area contributed by atoms with Gasteiger partial charge in [0.15, 0.2) is 6.29 Å². The minimum absolute atomic E-state index is 0.319. The van der Waals surface area contributed by atoms with E-state index in [1.165, 1.54) is 0 Å². The predicted molar refractivity (Wildman–Crippen MR) is 105 cm³/mol. The molecule has 0 aliphatic carbocycles. The number of hydrogen-bond donors (Lipinski definition) is 0. The maximum atomic E-state index is 12.3. The number of carbonyl (C=O) groups excluding carboxylic acids is 2. The number of nitrogens with zero attached hydrogens (tertiary/aromatic N) is 2. The predicted octanol–water partition coefficient (Wildman–Crippen LogP) is 4.42. The Morgan fingerprint density at radius 2 is 1.93 bits per heavy atom. The van der Waals surface area contributed by atoms with E-state index in [1.807, 2.05) is 34.9 Å². The van der Waals surface area contributed by atoms with Crippen LogP contribution in [0.2, 0.25) is 0 Å². The second-order valence-electron chi connectivity index (χ2n) is 6.45. The van der Waals surface area contributed by atoms with Crippen molar-refractivity contribution in [1.29, 1.82) is 0 Å². The molecule has 0 amide bonds. The van der Waals surface area contributed by atoms with Crippen molar-refractivity contribution in [2.45, 2.75) is 39.7 Å². The molecule has 5 nitrogen and oxygen atoms in total. The van der Waals surface area contributed by atoms with E-state index in [4.69, 9.17) is 4.74 Å². The molecule has 1 heterocycles. The average Bonchev–Trinajstić information content (AvgIpc) is 3.08. The first-order chi connectivity index (χ1) is 13.2. The number of hydrogen-bond acceptors (Lipinski definition) is 4. The largest absolute Gasteiger partial charge is 0.462 e. The Kier molecular flexibility index (Phi) is 6.01. The van der Waals surface area contributed by atoms with E-state index in [0.717, 1.165) is 47.7 Å². The Morgan fingerprint density at radius 3 is 2.63 bits per heavy atom. The fourth-order valence-electron chi connectivity index (χ4n) is 3.30. The van der Waals surface area contributed by atoms with Crippen molar-refractivity contribution in [3.8, 4) is 0 Å². The van der Waals surface area contributed by atoms with E-state index < -0.39 is 0 Å². The third-order valence-corrected chi connectivity index (χ3v) is 4.68. The zero-order valence-electron chi connectivity index (χ0n) is 15.8. The lowest BCUT2D eigenvalue weighted by Gasteiger charge is -2.14. The van der Waals surface area contributed by atoms with E-state index in [2.05, 4.69) is 11.9 Å². The lowest BCUT2D eigenvalue weighted by Crippen LogP contribution is -2.10. The van der Waals surface area contributed by atoms with Crippen LogP contribution in [0, 0.1) is 0 Å². The van der Waals surface area contributed by atoms with E-state index >= 15 is 0 Å². The van der Waals surface area contributed by atoms with Gasteiger partial charge in [-0.25, -0.2) is 9.78 Å². The number of carbonyl (C=O) groups is 2. The van der Waals surface area contributed by atoms with Crippen molar-refractivity contribution in [2.24, 2.45) is 0 Å². The van der Waals surface area contributed by atoms with E-state index in [0.29, 0.717) is 24.4 Å². The van der Waals surface area contributed by atoms with E-state index in [1.54, 1.807) is 19.2 Å². The normalized spacial score (nSPS) is 10.9. The van der Waals surface area contributed by atoms with Gasteiger partial charge in [-0.2, -0.15) is 0 Å². The molecule has 0 aliphatic heterocycles. The summed E-state index contributed by atoms with van der Waals surface area (Å²) in [6.45, 7) is 4.81. The Labute approximate surface area is 159 Å². The number of ether oxygens (including phenoxy) is 1. The van der Waals surface area contributed by atoms with Gasteiger partial charge in [0.1, 0.15) is 11.5 Å². The first-order valence-corrected chi connectivity index (χ1v) is 9.36. The van der Waals surface area contributed by atoms with Gasteiger partial charge in [-0.1, -0.05) is 43.7 Å². The number of aldehydes is 1. The lowest BCUT2D eigenvalue weighted by atomic mass is 9.99. The lowest BCUT2D eigenvalue weighted by molar-refractivity contribution is 0.0528. The van der Waals surface area contributed by atoms with E-state index in [-0.39, 0.29) is 5.97 Å². The highest BCUT2D eigenvalue weighted by Gasteiger charge is 2.15. The molecule has 0 saturated carbocycles. The third kappa shape index (κ3) is 3.92. The molecule has 5 heteroatoms. The number of esters is 1. The fourth-order valence-corrected chi connectivity index (χ4v) is 3.30. The van der Waals surface area contributed by atoms with E-state index in [9.17, 15) is 9.59 Å². The zero-order chi connectivity index (χ0) is 19.2. The SMILES string of the molecule is CCCCc1ncc(C=O)n1Cc1ccc(C(=O)OCC)c2ccccc12. The van der Waals surface area contributed by atoms with Gasteiger partial charge in [-0.3, -0.25) is 4.79 Å². The molecule has 0 fully saturated rings. The van der Waals surface area contributed by atoms with Gasteiger partial charge >= 0.3 is 5.97 Å². The Hall–Kier alpha value is -2.95. The summed E-state index contributed by atoms with van der Waals surface area (Å²) in [4.78, 5) is 28.2. The van der Waals surface area contributed by atoms with Crippen molar-refractivity contribution in [1.82, 2.24) is 9.55 Å². The van der Waals surface area contributed by atoms with Gasteiger partial charge in [0.2, 0.25) is 0 Å². The summed E-state index contributed by atoms with van der Waals surface area (Å²) >= 11 is 0. The number of imidazole rings is 1. The molecular formula is C22H24N2O3. The maximum absolute atomic E-state index is 12.3. The molecule has 3 rings (SSSR count). The molecular weight excluding hydrogens is 340 g/mol. The molecule has 0 atom stereocenters. The summed E-state index contributed by atoms with van der Waals surface area (Å²) in [6, 6.07) is 11.5. The molecule has 140 valence electrons. The summed E-state index contributed by atoms with van der Waals surface area (Å²) in [6.07, 6.45) is 5.41. The molecule has 1 aromatic heterocycles. The summed E-state index contributed by atoms with van der Waals surface area (Å²) in [5.74, 6) is 0.595. The standard InChI is InChI=1S/C22H24N2O3/c1-3-5-10-21-23-13-17(15-25)24(21)14-16-11-12-20(22(26)27-4-2)19-9-7-6-8-18(16)19/h6-9,11-13,15H,3-5,10,14H2,1-2H3. The smallest absolute Gasteiger partial charge is 0.338 e. The quantitative estimate of drug-likeness (QED) is 0.439. The highest BCUT2D eigenvalue weighted by Crippen LogP contribution is 2.25. The molecule has 3 aromatic rings. The molecule has 0 saturated heterocycles. The number of aryl methyl sites for hydroxylation is 1. The van der Waals surface area contributed by atoms with Crippen molar-refractivity contribution >= 4 is 23.0 Å². The molecule has 0 radical (unpaired) electrons. The summed E-state index contributed by atoms with van der Waals surface area (Å²) < 4.78 is 7.15. The summed E-state index contributed by atoms with van der Waals surface area (Å²) in [5, 5.41) is 1.84. The van der Waals surface area contributed by atoms with Gasteiger partial charge in [-0.05, 0) is 35.7 Å². The first kappa shape index (κ1) is 18.8. The van der Waals surface area contributed by atoms with Gasteiger partial charge < -0.3 is 9.30 Å². The van der Waals surface area contributed by atoms with Crippen LogP contribution in [0.15, 0.2) is 42.6 Å². The first-order valence-electron chi connectivity index (χ1n) is 9.36. The molecule has 0 N–H and O–H groups in total. The fraction of sp³-hybridized carbons (Fsp3) is 0.318. The minimum Gasteiger partial charge on any atom is -0.462 e. The van der Waals surface area contributed by atoms with Crippen LogP contribution >= 0.6 is 0 Å². The van der Waals surface area contributed by atoms with Crippen LogP contribution in [0.4, 0.5) is 0 Å². The number of unbranched alkanes of at least 4 members (excludes halogenated alkanes) is 1. The van der Waals surface area contributed by atoms with Crippen molar-refractivity contribution < 1.29 is 14.3 Å². The highest BCUT2D eigenvalue weighted by molar-refractivity contribution is 6.05. The Balaban J connectivity index is 2.04. The number of benzene rings is 2. The second-order valence-corrected chi connectivity index (χ2v) is 6.45. The van der Waals surface area contributed by atoms with Crippen LogP contribution in [0.1, 0.15) is 58.9 Å². The van der Waals surface area contributed by atoms with Crippen LogP contribution in [0.5, 0.6) is 0 Å². The molecule has 0 aliphatic rings. The van der Waals surface area contributed by atoms with Crippen molar-refractivity contribution in [3.05, 3.63) is 65.2 Å². The Bertz CT molecular complexity index is 959. The van der Waals surface area contributed by atoms with Crippen LogP contribution < -0.4 is 0 Å². The molecule has 0 spiro atoms. The summed E-state index contributed by atoms with van der Waals surface area (Å²) in [7, 11) is 0. The molecule has 2 aromatic carbocycles. The Morgan fingerprint density at radius 1 is 1.15 bits per heavy atom. The number of rotatable bonds is 8. The number of fused-ring (bicyclic) bond motifs is 1.